The van der Waals surface area contributed by atoms with Crippen LogP contribution in [0.4, 0.5) is 0 Å². The minimum Gasteiger partial charge on any atom is -0.314 e. The van der Waals surface area contributed by atoms with Crippen LogP contribution in [0, 0.1) is 0 Å². The molecule has 3 nitrogen and oxygen atoms in total. The summed E-state index contributed by atoms with van der Waals surface area (Å²) in [5.41, 5.74) is 1.28. The fraction of sp³-hybridized carbons (Fsp3) is 0.727. The molecule has 15 heavy (non-hydrogen) atoms. The molecule has 0 unspecified atom stereocenters. The van der Waals surface area contributed by atoms with Gasteiger partial charge >= 0.3 is 0 Å². The van der Waals surface area contributed by atoms with Crippen molar-refractivity contribution in [3.8, 4) is 0 Å². The minimum absolute atomic E-state index is 0.812. The molecule has 0 radical (unpaired) electrons. The fourth-order valence-electron chi connectivity index (χ4n) is 2.01. The van der Waals surface area contributed by atoms with E-state index in [1.807, 2.05) is 11.3 Å². The number of rotatable bonds is 3. The molecule has 1 N–H and O–H groups in total. The highest BCUT2D eigenvalue weighted by Gasteiger charge is 2.26. The van der Waals surface area contributed by atoms with E-state index in [9.17, 15) is 0 Å². The normalized spacial score (nSPS) is 23.2. The lowest BCUT2D eigenvalue weighted by molar-refractivity contribution is 0.231. The molecule has 4 heteroatoms. The topological polar surface area (TPSA) is 28.2 Å². The average molecular weight is 223 g/mol. The van der Waals surface area contributed by atoms with Crippen molar-refractivity contribution in [2.75, 3.05) is 26.2 Å². The maximum absolute atomic E-state index is 4.72. The molecular formula is C11H17N3S. The van der Waals surface area contributed by atoms with Gasteiger partial charge in [0.05, 0.1) is 10.7 Å². The number of thiazole rings is 1. The van der Waals surface area contributed by atoms with Gasteiger partial charge in [-0.2, -0.15) is 0 Å². The zero-order valence-electron chi connectivity index (χ0n) is 8.91. The van der Waals surface area contributed by atoms with Crippen LogP contribution in [0.1, 0.15) is 29.5 Å². The average Bonchev–Trinajstić information content (AvgIpc) is 3.02. The van der Waals surface area contributed by atoms with Crippen LogP contribution in [0.5, 0.6) is 0 Å². The Morgan fingerprint density at radius 2 is 2.20 bits per heavy atom. The minimum atomic E-state index is 0.812. The highest BCUT2D eigenvalue weighted by Crippen LogP contribution is 2.41. The largest absolute Gasteiger partial charge is 0.314 e. The molecule has 0 atom stereocenters. The second-order valence-corrected chi connectivity index (χ2v) is 5.37. The first kappa shape index (κ1) is 9.75. The molecule has 0 aromatic carbocycles. The van der Waals surface area contributed by atoms with Gasteiger partial charge in [-0.1, -0.05) is 0 Å². The Kier molecular flexibility index (Phi) is 2.73. The molecule has 0 spiro atoms. The number of piperazine rings is 1. The molecular weight excluding hydrogens is 206 g/mol. The van der Waals surface area contributed by atoms with Crippen molar-refractivity contribution in [1.82, 2.24) is 15.2 Å². The van der Waals surface area contributed by atoms with Crippen molar-refractivity contribution < 1.29 is 0 Å². The van der Waals surface area contributed by atoms with Crippen LogP contribution in [0.15, 0.2) is 5.38 Å². The van der Waals surface area contributed by atoms with Crippen molar-refractivity contribution in [3.63, 3.8) is 0 Å². The molecule has 3 rings (SSSR count). The first-order valence-corrected chi connectivity index (χ1v) is 6.67. The summed E-state index contributed by atoms with van der Waals surface area (Å²) in [5, 5.41) is 7.00. The molecule has 1 saturated carbocycles. The van der Waals surface area contributed by atoms with Crippen LogP contribution in [0.25, 0.3) is 0 Å². The number of hydrogen-bond donors (Lipinski definition) is 1. The van der Waals surface area contributed by atoms with E-state index in [0.717, 1.165) is 38.6 Å². The molecule has 0 amide bonds. The third-order valence-corrected chi connectivity index (χ3v) is 4.15. The van der Waals surface area contributed by atoms with E-state index in [1.54, 1.807) is 0 Å². The summed E-state index contributed by atoms with van der Waals surface area (Å²) < 4.78 is 0. The maximum Gasteiger partial charge on any atom is 0.0959 e. The van der Waals surface area contributed by atoms with E-state index < -0.39 is 0 Å². The third-order valence-electron chi connectivity index (χ3n) is 3.09. The van der Waals surface area contributed by atoms with Gasteiger partial charge in [0.2, 0.25) is 0 Å². The molecule has 2 fully saturated rings. The summed E-state index contributed by atoms with van der Waals surface area (Å²) in [4.78, 5) is 7.21. The van der Waals surface area contributed by atoms with Gasteiger partial charge in [-0.3, -0.25) is 4.90 Å². The molecule has 1 aromatic rings. The van der Waals surface area contributed by atoms with Crippen molar-refractivity contribution in [1.29, 1.82) is 0 Å². The van der Waals surface area contributed by atoms with Crippen molar-refractivity contribution in [2.24, 2.45) is 0 Å². The second kappa shape index (κ2) is 4.20. The highest BCUT2D eigenvalue weighted by molar-refractivity contribution is 7.09. The van der Waals surface area contributed by atoms with E-state index in [2.05, 4.69) is 15.6 Å². The SMILES string of the molecule is c1sc(C2CC2)nc1CN1CCNCC1. The van der Waals surface area contributed by atoms with E-state index in [1.165, 1.54) is 23.5 Å². The lowest BCUT2D eigenvalue weighted by atomic mass is 10.3. The number of aromatic nitrogens is 1. The van der Waals surface area contributed by atoms with Crippen molar-refractivity contribution in [3.05, 3.63) is 16.1 Å². The smallest absolute Gasteiger partial charge is 0.0959 e. The molecule has 1 aromatic heterocycles. The van der Waals surface area contributed by atoms with Gasteiger partial charge in [0.1, 0.15) is 0 Å². The number of nitrogens with zero attached hydrogens (tertiary/aromatic N) is 2. The maximum atomic E-state index is 4.72. The first-order valence-electron chi connectivity index (χ1n) is 5.79. The van der Waals surface area contributed by atoms with E-state index in [4.69, 9.17) is 4.98 Å². The summed E-state index contributed by atoms with van der Waals surface area (Å²) >= 11 is 1.86. The van der Waals surface area contributed by atoms with Gasteiger partial charge in [0.25, 0.3) is 0 Å². The molecule has 0 bridgehead atoms. The molecule has 1 saturated heterocycles. The van der Waals surface area contributed by atoms with E-state index >= 15 is 0 Å². The van der Waals surface area contributed by atoms with Crippen molar-refractivity contribution in [2.45, 2.75) is 25.3 Å². The predicted molar refractivity (Wildman–Crippen MR) is 62.2 cm³/mol. The number of hydrogen-bond acceptors (Lipinski definition) is 4. The molecule has 2 heterocycles. The Morgan fingerprint density at radius 3 is 2.93 bits per heavy atom. The molecule has 1 aliphatic heterocycles. The molecule has 2 aliphatic rings. The Bertz CT molecular complexity index is 326. The summed E-state index contributed by atoms with van der Waals surface area (Å²) in [7, 11) is 0. The van der Waals surface area contributed by atoms with Gasteiger partial charge < -0.3 is 5.32 Å². The van der Waals surface area contributed by atoms with Gasteiger partial charge in [-0.05, 0) is 12.8 Å². The third kappa shape index (κ3) is 2.38. The monoisotopic (exact) mass is 223 g/mol. The summed E-state index contributed by atoms with van der Waals surface area (Å²) in [6.07, 6.45) is 2.72. The van der Waals surface area contributed by atoms with Crippen LogP contribution >= 0.6 is 11.3 Å². The van der Waals surface area contributed by atoms with Gasteiger partial charge in [0, 0.05) is 44.0 Å². The quantitative estimate of drug-likeness (QED) is 0.840. The standard InChI is InChI=1S/C11H17N3S/c1-2-9(1)11-13-10(8-15-11)7-14-5-3-12-4-6-14/h8-9,12H,1-7H2. The van der Waals surface area contributed by atoms with E-state index in [0.29, 0.717) is 0 Å². The van der Waals surface area contributed by atoms with Gasteiger partial charge in [-0.25, -0.2) is 4.98 Å². The highest BCUT2D eigenvalue weighted by atomic mass is 32.1. The van der Waals surface area contributed by atoms with Crippen molar-refractivity contribution >= 4 is 11.3 Å². The Morgan fingerprint density at radius 1 is 1.40 bits per heavy atom. The van der Waals surface area contributed by atoms with E-state index in [-0.39, 0.29) is 0 Å². The number of nitrogens with one attached hydrogen (secondary N) is 1. The zero-order valence-corrected chi connectivity index (χ0v) is 9.72. The summed E-state index contributed by atoms with van der Waals surface area (Å²) in [6.45, 7) is 5.62. The second-order valence-electron chi connectivity index (χ2n) is 4.48. The summed E-state index contributed by atoms with van der Waals surface area (Å²) in [5.74, 6) is 0.812. The fourth-order valence-corrected chi connectivity index (χ4v) is 2.99. The molecule has 82 valence electrons. The van der Waals surface area contributed by atoms with Crippen LogP contribution in [0.2, 0.25) is 0 Å². The lowest BCUT2D eigenvalue weighted by Gasteiger charge is -2.26. The van der Waals surface area contributed by atoms with Gasteiger partial charge in [0.15, 0.2) is 0 Å². The van der Waals surface area contributed by atoms with Gasteiger partial charge in [-0.15, -0.1) is 11.3 Å². The van der Waals surface area contributed by atoms with Crippen LogP contribution < -0.4 is 5.32 Å². The Balaban J connectivity index is 1.60. The first-order chi connectivity index (χ1) is 7.42. The summed E-state index contributed by atoms with van der Waals surface area (Å²) in [6, 6.07) is 0. The molecule has 1 aliphatic carbocycles. The van der Waals surface area contributed by atoms with Crippen LogP contribution in [-0.4, -0.2) is 36.1 Å². The Hall–Kier alpha value is -0.450. The predicted octanol–water partition coefficient (Wildman–Crippen LogP) is 1.43. The lowest BCUT2D eigenvalue weighted by Crippen LogP contribution is -2.42. The van der Waals surface area contributed by atoms with Crippen LogP contribution in [0.3, 0.4) is 0 Å². The Labute approximate surface area is 94.5 Å². The van der Waals surface area contributed by atoms with Crippen LogP contribution in [-0.2, 0) is 6.54 Å². The zero-order chi connectivity index (χ0) is 10.1.